The fourth-order valence-corrected chi connectivity index (χ4v) is 2.61. The molecule has 2 rings (SSSR count). The number of rotatable bonds is 5. The predicted octanol–water partition coefficient (Wildman–Crippen LogP) is 5.13. The number of halogens is 2. The van der Waals surface area contributed by atoms with E-state index in [-0.39, 0.29) is 0 Å². The van der Waals surface area contributed by atoms with Crippen molar-refractivity contribution in [2.75, 3.05) is 7.05 Å². The Morgan fingerprint density at radius 3 is 2.71 bits per heavy atom. The molecule has 0 spiro atoms. The Bertz CT molecular complexity index is 632. The van der Waals surface area contributed by atoms with Crippen LogP contribution in [0, 0.1) is 0 Å². The van der Waals surface area contributed by atoms with Crippen LogP contribution in [0.15, 0.2) is 34.9 Å². The Hall–Kier alpha value is -1.10. The summed E-state index contributed by atoms with van der Waals surface area (Å²) in [7, 11) is 1.88. The lowest BCUT2D eigenvalue weighted by Gasteiger charge is -2.14. The van der Waals surface area contributed by atoms with E-state index in [0.29, 0.717) is 16.8 Å². The Labute approximate surface area is 138 Å². The molecule has 0 unspecified atom stereocenters. The van der Waals surface area contributed by atoms with Gasteiger partial charge in [0.2, 0.25) is 5.88 Å². The fraction of sp³-hybridized carbons (Fsp3) is 0.312. The molecule has 3 nitrogen and oxygen atoms in total. The summed E-state index contributed by atoms with van der Waals surface area (Å²) in [5.74, 6) is 1.56. The highest BCUT2D eigenvalue weighted by molar-refractivity contribution is 9.10. The zero-order valence-corrected chi connectivity index (χ0v) is 14.6. The number of pyridine rings is 1. The van der Waals surface area contributed by atoms with Gasteiger partial charge in [0.1, 0.15) is 10.8 Å². The van der Waals surface area contributed by atoms with Crippen LogP contribution in [0.25, 0.3) is 0 Å². The third-order valence-electron chi connectivity index (χ3n) is 3.05. The first kappa shape index (κ1) is 16.3. The van der Waals surface area contributed by atoms with E-state index < -0.39 is 0 Å². The van der Waals surface area contributed by atoms with Gasteiger partial charge in [-0.2, -0.15) is 0 Å². The van der Waals surface area contributed by atoms with E-state index in [2.05, 4.69) is 46.1 Å². The van der Waals surface area contributed by atoms with Gasteiger partial charge in [-0.3, -0.25) is 0 Å². The van der Waals surface area contributed by atoms with Crippen LogP contribution in [0.5, 0.6) is 11.6 Å². The molecule has 1 aromatic carbocycles. The molecule has 112 valence electrons. The summed E-state index contributed by atoms with van der Waals surface area (Å²) in [6.45, 7) is 4.97. The number of hydrogen-bond acceptors (Lipinski definition) is 3. The summed E-state index contributed by atoms with van der Waals surface area (Å²) < 4.78 is 6.94. The molecule has 0 radical (unpaired) electrons. The highest BCUT2D eigenvalue weighted by atomic mass is 79.9. The lowest BCUT2D eigenvalue weighted by Crippen LogP contribution is -2.05. The van der Waals surface area contributed by atoms with E-state index >= 15 is 0 Å². The summed E-state index contributed by atoms with van der Waals surface area (Å²) in [5.41, 5.74) is 2.14. The smallest absolute Gasteiger partial charge is 0.238 e. The van der Waals surface area contributed by atoms with Gasteiger partial charge in [-0.1, -0.05) is 41.4 Å². The van der Waals surface area contributed by atoms with E-state index in [1.54, 1.807) is 6.20 Å². The molecule has 0 saturated heterocycles. The number of aromatic nitrogens is 1. The Balaban J connectivity index is 2.30. The number of nitrogens with zero attached hydrogens (tertiary/aromatic N) is 1. The van der Waals surface area contributed by atoms with Gasteiger partial charge < -0.3 is 10.1 Å². The maximum Gasteiger partial charge on any atom is 0.238 e. The molecule has 0 fully saturated rings. The normalized spacial score (nSPS) is 11.0. The monoisotopic (exact) mass is 368 g/mol. The van der Waals surface area contributed by atoms with Crippen molar-refractivity contribution in [1.29, 1.82) is 0 Å². The van der Waals surface area contributed by atoms with Gasteiger partial charge in [0, 0.05) is 17.2 Å². The van der Waals surface area contributed by atoms with Gasteiger partial charge >= 0.3 is 0 Å². The molecule has 1 aromatic heterocycles. The number of benzene rings is 1. The van der Waals surface area contributed by atoms with Crippen LogP contribution in [-0.2, 0) is 6.54 Å². The summed E-state index contributed by atoms with van der Waals surface area (Å²) in [5, 5.41) is 3.58. The summed E-state index contributed by atoms with van der Waals surface area (Å²) in [6.07, 6.45) is 1.77. The van der Waals surface area contributed by atoms with E-state index in [4.69, 9.17) is 16.3 Å². The van der Waals surface area contributed by atoms with E-state index in [1.165, 1.54) is 0 Å². The van der Waals surface area contributed by atoms with Crippen LogP contribution >= 0.6 is 27.5 Å². The molecule has 0 amide bonds. The standard InChI is InChI=1S/C16H18BrClN2O/c1-10(2)13-7-12(17)4-5-15(13)21-16-14(18)6-11(8-19-3)9-20-16/h4-7,9-10,19H,8H2,1-3H3. The zero-order valence-electron chi connectivity index (χ0n) is 12.3. The zero-order chi connectivity index (χ0) is 15.4. The summed E-state index contributed by atoms with van der Waals surface area (Å²) >= 11 is 9.74. The van der Waals surface area contributed by atoms with Crippen molar-refractivity contribution in [2.45, 2.75) is 26.3 Å². The van der Waals surface area contributed by atoms with Crippen molar-refractivity contribution in [3.05, 3.63) is 51.1 Å². The van der Waals surface area contributed by atoms with Gasteiger partial charge in [0.05, 0.1) is 0 Å². The van der Waals surface area contributed by atoms with Crippen LogP contribution in [0.3, 0.4) is 0 Å². The minimum Gasteiger partial charge on any atom is -0.437 e. The van der Waals surface area contributed by atoms with E-state index in [0.717, 1.165) is 27.9 Å². The number of hydrogen-bond donors (Lipinski definition) is 1. The van der Waals surface area contributed by atoms with Crippen LogP contribution in [0.4, 0.5) is 0 Å². The third-order valence-corrected chi connectivity index (χ3v) is 3.81. The van der Waals surface area contributed by atoms with Crippen molar-refractivity contribution >= 4 is 27.5 Å². The van der Waals surface area contributed by atoms with Crippen LogP contribution in [0.2, 0.25) is 5.02 Å². The predicted molar refractivity (Wildman–Crippen MR) is 90.3 cm³/mol. The Morgan fingerprint density at radius 1 is 1.33 bits per heavy atom. The molecule has 0 aliphatic rings. The second-order valence-electron chi connectivity index (χ2n) is 5.10. The molecule has 1 N–H and O–H groups in total. The largest absolute Gasteiger partial charge is 0.437 e. The second-order valence-corrected chi connectivity index (χ2v) is 6.42. The van der Waals surface area contributed by atoms with Crippen molar-refractivity contribution in [3.8, 4) is 11.6 Å². The fourth-order valence-electron chi connectivity index (χ4n) is 2.01. The molecule has 0 saturated carbocycles. The number of nitrogens with one attached hydrogen (secondary N) is 1. The van der Waals surface area contributed by atoms with Crippen molar-refractivity contribution in [3.63, 3.8) is 0 Å². The van der Waals surface area contributed by atoms with Crippen LogP contribution in [-0.4, -0.2) is 12.0 Å². The van der Waals surface area contributed by atoms with E-state index in [1.807, 2.05) is 25.2 Å². The van der Waals surface area contributed by atoms with Crippen LogP contribution in [0.1, 0.15) is 30.9 Å². The molecule has 0 aliphatic heterocycles. The molecule has 2 aromatic rings. The molecule has 5 heteroatoms. The molecular weight excluding hydrogens is 352 g/mol. The Morgan fingerprint density at radius 2 is 2.10 bits per heavy atom. The first-order valence-corrected chi connectivity index (χ1v) is 7.94. The maximum atomic E-state index is 6.25. The minimum atomic E-state index is 0.347. The third kappa shape index (κ3) is 4.19. The molecule has 0 bridgehead atoms. The Kier molecular flexibility index (Phi) is 5.62. The molecular formula is C16H18BrClN2O. The molecule has 0 atom stereocenters. The van der Waals surface area contributed by atoms with Crippen molar-refractivity contribution in [1.82, 2.24) is 10.3 Å². The number of ether oxygens (including phenoxy) is 1. The van der Waals surface area contributed by atoms with Crippen LogP contribution < -0.4 is 10.1 Å². The lowest BCUT2D eigenvalue weighted by atomic mass is 10.0. The van der Waals surface area contributed by atoms with Crippen molar-refractivity contribution < 1.29 is 4.74 Å². The van der Waals surface area contributed by atoms with Gasteiger partial charge in [-0.25, -0.2) is 4.98 Å². The molecule has 21 heavy (non-hydrogen) atoms. The highest BCUT2D eigenvalue weighted by Gasteiger charge is 2.12. The van der Waals surface area contributed by atoms with Crippen molar-refractivity contribution in [2.24, 2.45) is 0 Å². The molecule has 0 aliphatic carbocycles. The highest BCUT2D eigenvalue weighted by Crippen LogP contribution is 2.34. The van der Waals surface area contributed by atoms with Gasteiger partial charge in [-0.15, -0.1) is 0 Å². The quantitative estimate of drug-likeness (QED) is 0.793. The second kappa shape index (κ2) is 7.25. The van der Waals surface area contributed by atoms with Gasteiger partial charge in [0.15, 0.2) is 0 Å². The lowest BCUT2D eigenvalue weighted by molar-refractivity contribution is 0.454. The molecule has 1 heterocycles. The minimum absolute atomic E-state index is 0.347. The van der Waals surface area contributed by atoms with Gasteiger partial charge in [-0.05, 0) is 48.4 Å². The first-order valence-electron chi connectivity index (χ1n) is 6.77. The van der Waals surface area contributed by atoms with E-state index in [9.17, 15) is 0 Å². The SMILES string of the molecule is CNCc1cnc(Oc2ccc(Br)cc2C(C)C)c(Cl)c1. The summed E-state index contributed by atoms with van der Waals surface area (Å²) in [6, 6.07) is 7.81. The first-order chi connectivity index (χ1) is 10.0. The maximum absolute atomic E-state index is 6.25. The van der Waals surface area contributed by atoms with Gasteiger partial charge in [0.25, 0.3) is 0 Å². The average molecular weight is 370 g/mol. The summed E-state index contributed by atoms with van der Waals surface area (Å²) in [4.78, 5) is 4.31. The average Bonchev–Trinajstić information content (AvgIpc) is 2.43. The topological polar surface area (TPSA) is 34.2 Å².